The minimum absolute atomic E-state index is 0.261. The van der Waals surface area contributed by atoms with E-state index < -0.39 is 11.5 Å². The molecule has 0 spiro atoms. The summed E-state index contributed by atoms with van der Waals surface area (Å²) in [7, 11) is 1.26. The Morgan fingerprint density at radius 2 is 1.92 bits per heavy atom. The van der Waals surface area contributed by atoms with E-state index >= 15 is 0 Å². The lowest BCUT2D eigenvalue weighted by atomic mass is 10.1. The maximum absolute atomic E-state index is 11.2. The summed E-state index contributed by atoms with van der Waals surface area (Å²) in [6.45, 7) is 4.74. The zero-order chi connectivity index (χ0) is 10.6. The average Bonchev–Trinajstić information content (AvgIpc) is 2.13. The second-order valence-corrected chi connectivity index (χ2v) is 3.17. The fourth-order valence-electron chi connectivity index (χ4n) is 0.830. The third kappa shape index (κ3) is 2.42. The van der Waals surface area contributed by atoms with E-state index in [4.69, 9.17) is 5.84 Å². The first kappa shape index (κ1) is 11.9. The topological polar surface area (TPSA) is 72.6 Å². The van der Waals surface area contributed by atoms with Crippen LogP contribution in [0, 0.1) is 0 Å². The van der Waals surface area contributed by atoms with E-state index in [-0.39, 0.29) is 12.3 Å². The van der Waals surface area contributed by atoms with Crippen LogP contribution >= 0.6 is 0 Å². The highest BCUT2D eigenvalue weighted by Gasteiger charge is 2.36. The van der Waals surface area contributed by atoms with Gasteiger partial charge in [-0.25, -0.2) is 10.6 Å². The number of ether oxygens (including phenoxy) is 1. The number of nitrogens with zero attached hydrogens (tertiary/aromatic N) is 1. The van der Waals surface area contributed by atoms with Crippen molar-refractivity contribution in [2.75, 3.05) is 7.11 Å². The van der Waals surface area contributed by atoms with Crippen LogP contribution in [-0.2, 0) is 14.3 Å². The molecule has 0 radical (unpaired) electrons. The summed E-state index contributed by atoms with van der Waals surface area (Å²) in [6, 6.07) is 0. The van der Waals surface area contributed by atoms with Crippen LogP contribution in [0.2, 0.25) is 0 Å². The van der Waals surface area contributed by atoms with Crippen molar-refractivity contribution in [3.05, 3.63) is 0 Å². The third-order valence-corrected chi connectivity index (χ3v) is 1.86. The molecular weight excluding hydrogens is 172 g/mol. The van der Waals surface area contributed by atoms with Crippen molar-refractivity contribution in [2.24, 2.45) is 5.84 Å². The van der Waals surface area contributed by atoms with Crippen LogP contribution in [-0.4, -0.2) is 29.5 Å². The highest BCUT2D eigenvalue weighted by atomic mass is 16.5. The summed E-state index contributed by atoms with van der Waals surface area (Å²) in [5, 5.41) is 0.902. The molecule has 13 heavy (non-hydrogen) atoms. The second-order valence-electron chi connectivity index (χ2n) is 3.17. The Balaban J connectivity index is 4.62. The van der Waals surface area contributed by atoms with Crippen LogP contribution in [0.5, 0.6) is 0 Å². The minimum atomic E-state index is -1.11. The summed E-state index contributed by atoms with van der Waals surface area (Å²) in [5.41, 5.74) is -1.11. The van der Waals surface area contributed by atoms with E-state index in [9.17, 15) is 9.59 Å². The summed E-state index contributed by atoms with van der Waals surface area (Å²) in [6.07, 6.45) is 0.261. The lowest BCUT2D eigenvalue weighted by molar-refractivity contribution is -0.159. The number of esters is 1. The minimum Gasteiger partial charge on any atom is -0.467 e. The zero-order valence-corrected chi connectivity index (χ0v) is 8.46. The van der Waals surface area contributed by atoms with Gasteiger partial charge in [0.15, 0.2) is 5.54 Å². The molecule has 5 heteroatoms. The highest BCUT2D eigenvalue weighted by molar-refractivity contribution is 5.86. The number of nitrogens with two attached hydrogens (primary N) is 1. The number of methoxy groups -OCH3 is 1. The first-order chi connectivity index (χ1) is 5.87. The maximum atomic E-state index is 11.2. The quantitative estimate of drug-likeness (QED) is 0.294. The van der Waals surface area contributed by atoms with E-state index in [1.165, 1.54) is 21.0 Å². The monoisotopic (exact) mass is 188 g/mol. The first-order valence-electron chi connectivity index (χ1n) is 4.04. The van der Waals surface area contributed by atoms with Crippen LogP contribution in [0.15, 0.2) is 0 Å². The van der Waals surface area contributed by atoms with Crippen molar-refractivity contribution in [2.45, 2.75) is 32.7 Å². The standard InChI is InChI=1S/C8H16N2O3/c1-5-6(11)10(9)8(2,3)7(12)13-4/h5,9H2,1-4H3. The fourth-order valence-corrected chi connectivity index (χ4v) is 0.830. The molecule has 0 rings (SSSR count). The van der Waals surface area contributed by atoms with E-state index in [1.54, 1.807) is 6.92 Å². The van der Waals surface area contributed by atoms with Crippen molar-refractivity contribution < 1.29 is 14.3 Å². The number of carbonyl (C=O) groups is 2. The molecule has 76 valence electrons. The predicted octanol–water partition coefficient (Wildman–Crippen LogP) is 0.0503. The van der Waals surface area contributed by atoms with E-state index in [2.05, 4.69) is 4.74 Å². The van der Waals surface area contributed by atoms with Crippen LogP contribution in [0.3, 0.4) is 0 Å². The molecule has 0 fully saturated rings. The lowest BCUT2D eigenvalue weighted by Crippen LogP contribution is -2.57. The molecule has 0 saturated carbocycles. The molecule has 0 saturated heterocycles. The van der Waals surface area contributed by atoms with Crippen LogP contribution in [0.25, 0.3) is 0 Å². The van der Waals surface area contributed by atoms with Crippen molar-refractivity contribution >= 4 is 11.9 Å². The summed E-state index contributed by atoms with van der Waals surface area (Å²) in [4.78, 5) is 22.4. The molecule has 0 atom stereocenters. The molecule has 0 bridgehead atoms. The Morgan fingerprint density at radius 3 is 2.23 bits per heavy atom. The van der Waals surface area contributed by atoms with Gasteiger partial charge in [0.2, 0.25) is 5.91 Å². The van der Waals surface area contributed by atoms with Gasteiger partial charge >= 0.3 is 5.97 Å². The number of hydrogen-bond donors (Lipinski definition) is 1. The van der Waals surface area contributed by atoms with Crippen molar-refractivity contribution in [1.29, 1.82) is 0 Å². The number of carbonyl (C=O) groups excluding carboxylic acids is 2. The molecule has 0 aliphatic heterocycles. The first-order valence-corrected chi connectivity index (χ1v) is 4.04. The third-order valence-electron chi connectivity index (χ3n) is 1.86. The normalized spacial score (nSPS) is 10.8. The Kier molecular flexibility index (Phi) is 3.87. The fraction of sp³-hybridized carbons (Fsp3) is 0.750. The molecule has 0 aromatic rings. The predicted molar refractivity (Wildman–Crippen MR) is 47.4 cm³/mol. The Bertz CT molecular complexity index is 213. The second kappa shape index (κ2) is 4.23. The van der Waals surface area contributed by atoms with Crippen molar-refractivity contribution in [3.8, 4) is 0 Å². The number of amides is 1. The van der Waals surface area contributed by atoms with Gasteiger partial charge in [-0.3, -0.25) is 9.80 Å². The van der Waals surface area contributed by atoms with E-state index in [0.717, 1.165) is 5.01 Å². The number of hydrogen-bond acceptors (Lipinski definition) is 4. The zero-order valence-electron chi connectivity index (χ0n) is 8.46. The molecule has 0 unspecified atom stereocenters. The van der Waals surface area contributed by atoms with E-state index in [0.29, 0.717) is 0 Å². The SMILES string of the molecule is CCC(=O)N(N)C(C)(C)C(=O)OC. The maximum Gasteiger partial charge on any atom is 0.332 e. The lowest BCUT2D eigenvalue weighted by Gasteiger charge is -2.31. The molecule has 1 amide bonds. The number of hydrazine groups is 1. The van der Waals surface area contributed by atoms with Gasteiger partial charge in [-0.1, -0.05) is 6.92 Å². The molecule has 5 nitrogen and oxygen atoms in total. The molecule has 0 aromatic carbocycles. The number of rotatable bonds is 3. The summed E-state index contributed by atoms with van der Waals surface area (Å²) < 4.78 is 4.52. The van der Waals surface area contributed by atoms with Crippen LogP contribution in [0.1, 0.15) is 27.2 Å². The van der Waals surface area contributed by atoms with Gasteiger partial charge in [-0.15, -0.1) is 0 Å². The van der Waals surface area contributed by atoms with Gasteiger partial charge in [0, 0.05) is 6.42 Å². The van der Waals surface area contributed by atoms with Gasteiger partial charge in [0.25, 0.3) is 0 Å². The molecule has 0 heterocycles. The molecule has 2 N–H and O–H groups in total. The Labute approximate surface area is 77.8 Å². The highest BCUT2D eigenvalue weighted by Crippen LogP contribution is 2.13. The largest absolute Gasteiger partial charge is 0.467 e. The Morgan fingerprint density at radius 1 is 1.46 bits per heavy atom. The van der Waals surface area contributed by atoms with Gasteiger partial charge in [-0.2, -0.15) is 0 Å². The van der Waals surface area contributed by atoms with Gasteiger partial charge in [0.1, 0.15) is 0 Å². The Hall–Kier alpha value is -1.10. The molecule has 0 aliphatic carbocycles. The summed E-state index contributed by atoms with van der Waals surface area (Å²) in [5.74, 6) is 4.64. The summed E-state index contributed by atoms with van der Waals surface area (Å²) >= 11 is 0. The van der Waals surface area contributed by atoms with Gasteiger partial charge in [0.05, 0.1) is 7.11 Å². The molecule has 0 aromatic heterocycles. The van der Waals surface area contributed by atoms with Crippen molar-refractivity contribution in [3.63, 3.8) is 0 Å². The van der Waals surface area contributed by atoms with E-state index in [1.807, 2.05) is 0 Å². The van der Waals surface area contributed by atoms with Gasteiger partial charge < -0.3 is 4.74 Å². The smallest absolute Gasteiger partial charge is 0.332 e. The van der Waals surface area contributed by atoms with Crippen LogP contribution in [0.4, 0.5) is 0 Å². The molecule has 0 aliphatic rings. The molecular formula is C8H16N2O3. The van der Waals surface area contributed by atoms with Crippen molar-refractivity contribution in [1.82, 2.24) is 5.01 Å². The van der Waals surface area contributed by atoms with Gasteiger partial charge in [-0.05, 0) is 13.8 Å². The average molecular weight is 188 g/mol. The van der Waals surface area contributed by atoms with Crippen LogP contribution < -0.4 is 5.84 Å².